The van der Waals surface area contributed by atoms with Gasteiger partial charge in [0.25, 0.3) is 0 Å². The molecule has 2 saturated heterocycles. The number of morpholine rings is 1. The molecule has 7 nitrogen and oxygen atoms in total. The Balaban J connectivity index is 2.06. The SMILES string of the molecule is CC(C)[C@@H](NC(=O)C1CCCN1C(=O)C(F)(F)F)C(=O)N1CCOCC1. The lowest BCUT2D eigenvalue weighted by molar-refractivity contribution is -0.186. The van der Waals surface area contributed by atoms with E-state index in [-0.39, 0.29) is 24.8 Å². The van der Waals surface area contributed by atoms with Crippen molar-refractivity contribution in [1.29, 1.82) is 0 Å². The Hall–Kier alpha value is -1.84. The molecule has 10 heteroatoms. The smallest absolute Gasteiger partial charge is 0.378 e. The zero-order valence-corrected chi connectivity index (χ0v) is 14.8. The maximum Gasteiger partial charge on any atom is 0.471 e. The molecule has 148 valence electrons. The lowest BCUT2D eigenvalue weighted by atomic mass is 10.0. The molecule has 2 aliphatic rings. The van der Waals surface area contributed by atoms with Crippen LogP contribution < -0.4 is 5.32 Å². The zero-order valence-electron chi connectivity index (χ0n) is 14.8. The van der Waals surface area contributed by atoms with Gasteiger partial charge in [-0.25, -0.2) is 0 Å². The quantitative estimate of drug-likeness (QED) is 0.773. The average Bonchev–Trinajstić information content (AvgIpc) is 3.07. The van der Waals surface area contributed by atoms with Gasteiger partial charge in [-0.05, 0) is 18.8 Å². The van der Waals surface area contributed by atoms with Gasteiger partial charge in [-0.15, -0.1) is 0 Å². The minimum Gasteiger partial charge on any atom is -0.378 e. The molecular weight excluding hydrogens is 355 g/mol. The fourth-order valence-corrected chi connectivity index (χ4v) is 3.19. The second-order valence-corrected chi connectivity index (χ2v) is 6.82. The Morgan fingerprint density at radius 3 is 2.27 bits per heavy atom. The van der Waals surface area contributed by atoms with Gasteiger partial charge < -0.3 is 19.9 Å². The Morgan fingerprint density at radius 1 is 1.12 bits per heavy atom. The van der Waals surface area contributed by atoms with Crippen molar-refractivity contribution in [3.8, 4) is 0 Å². The van der Waals surface area contributed by atoms with E-state index >= 15 is 0 Å². The summed E-state index contributed by atoms with van der Waals surface area (Å²) in [5.74, 6) is -3.28. The molecule has 2 atom stereocenters. The summed E-state index contributed by atoms with van der Waals surface area (Å²) < 4.78 is 43.3. The van der Waals surface area contributed by atoms with Crippen molar-refractivity contribution in [1.82, 2.24) is 15.1 Å². The normalized spacial score (nSPS) is 22.5. The van der Waals surface area contributed by atoms with Crippen LogP contribution in [0.2, 0.25) is 0 Å². The molecule has 2 heterocycles. The number of carbonyl (C=O) groups excluding carboxylic acids is 3. The first kappa shape index (κ1) is 20.5. The van der Waals surface area contributed by atoms with E-state index in [2.05, 4.69) is 5.32 Å². The molecule has 1 unspecified atom stereocenters. The van der Waals surface area contributed by atoms with E-state index in [9.17, 15) is 27.6 Å². The van der Waals surface area contributed by atoms with Crippen LogP contribution in [0, 0.1) is 5.92 Å². The molecule has 0 radical (unpaired) electrons. The van der Waals surface area contributed by atoms with E-state index in [1.54, 1.807) is 18.7 Å². The van der Waals surface area contributed by atoms with Gasteiger partial charge in [0, 0.05) is 19.6 Å². The number of amides is 3. The molecule has 0 aromatic heterocycles. The van der Waals surface area contributed by atoms with E-state index in [0.29, 0.717) is 37.6 Å². The number of alkyl halides is 3. The van der Waals surface area contributed by atoms with Crippen molar-refractivity contribution in [3.05, 3.63) is 0 Å². The Kier molecular flexibility index (Phi) is 6.48. The van der Waals surface area contributed by atoms with Crippen LogP contribution in [0.1, 0.15) is 26.7 Å². The van der Waals surface area contributed by atoms with Gasteiger partial charge in [0.05, 0.1) is 13.2 Å². The third-order valence-corrected chi connectivity index (χ3v) is 4.61. The highest BCUT2D eigenvalue weighted by atomic mass is 19.4. The third-order valence-electron chi connectivity index (χ3n) is 4.61. The topological polar surface area (TPSA) is 79.0 Å². The highest BCUT2D eigenvalue weighted by Crippen LogP contribution is 2.26. The van der Waals surface area contributed by atoms with Crippen LogP contribution in [0.4, 0.5) is 13.2 Å². The highest BCUT2D eigenvalue weighted by Gasteiger charge is 2.48. The summed E-state index contributed by atoms with van der Waals surface area (Å²) in [4.78, 5) is 38.8. The molecule has 0 spiro atoms. The van der Waals surface area contributed by atoms with Crippen LogP contribution in [0.5, 0.6) is 0 Å². The van der Waals surface area contributed by atoms with Gasteiger partial charge in [-0.3, -0.25) is 14.4 Å². The van der Waals surface area contributed by atoms with Crippen molar-refractivity contribution < 1.29 is 32.3 Å². The Morgan fingerprint density at radius 2 is 1.73 bits per heavy atom. The van der Waals surface area contributed by atoms with Gasteiger partial charge in [-0.1, -0.05) is 13.8 Å². The summed E-state index contributed by atoms with van der Waals surface area (Å²) in [6, 6.07) is -2.06. The van der Waals surface area contributed by atoms with Crippen LogP contribution in [-0.2, 0) is 19.1 Å². The minimum atomic E-state index is -5.02. The molecular formula is C16H24F3N3O4. The van der Waals surface area contributed by atoms with E-state index in [1.165, 1.54) is 0 Å². The summed E-state index contributed by atoms with van der Waals surface area (Å²) in [5, 5.41) is 2.56. The van der Waals surface area contributed by atoms with Crippen LogP contribution in [-0.4, -0.2) is 78.6 Å². The third kappa shape index (κ3) is 4.66. The molecule has 0 bridgehead atoms. The molecule has 1 N–H and O–H groups in total. The monoisotopic (exact) mass is 379 g/mol. The predicted octanol–water partition coefficient (Wildman–Crippen LogP) is 0.539. The lowest BCUT2D eigenvalue weighted by Crippen LogP contribution is -2.57. The fourth-order valence-electron chi connectivity index (χ4n) is 3.19. The number of halogens is 3. The maximum atomic E-state index is 12.7. The number of likely N-dealkylation sites (tertiary alicyclic amines) is 1. The zero-order chi connectivity index (χ0) is 19.5. The van der Waals surface area contributed by atoms with Crippen LogP contribution in [0.15, 0.2) is 0 Å². The van der Waals surface area contributed by atoms with Crippen LogP contribution in [0.3, 0.4) is 0 Å². The van der Waals surface area contributed by atoms with Crippen molar-refractivity contribution >= 4 is 17.7 Å². The summed E-state index contributed by atoms with van der Waals surface area (Å²) in [5.41, 5.74) is 0. The van der Waals surface area contributed by atoms with Gasteiger partial charge >= 0.3 is 12.1 Å². The van der Waals surface area contributed by atoms with Gasteiger partial charge in [0.1, 0.15) is 12.1 Å². The van der Waals surface area contributed by atoms with E-state index in [0.717, 1.165) is 0 Å². The molecule has 2 fully saturated rings. The molecule has 2 aliphatic heterocycles. The van der Waals surface area contributed by atoms with Crippen molar-refractivity contribution in [2.45, 2.75) is 44.9 Å². The lowest BCUT2D eigenvalue weighted by Gasteiger charge is -2.33. The summed E-state index contributed by atoms with van der Waals surface area (Å²) in [6.07, 6.45) is -4.57. The summed E-state index contributed by atoms with van der Waals surface area (Å²) in [6.45, 7) is 4.98. The number of rotatable bonds is 4. The number of carbonyl (C=O) groups is 3. The number of hydrogen-bond acceptors (Lipinski definition) is 4. The first-order chi connectivity index (χ1) is 12.1. The van der Waals surface area contributed by atoms with E-state index < -0.39 is 30.1 Å². The second kappa shape index (κ2) is 8.24. The van der Waals surface area contributed by atoms with Crippen molar-refractivity contribution in [3.63, 3.8) is 0 Å². The first-order valence-electron chi connectivity index (χ1n) is 8.67. The van der Waals surface area contributed by atoms with Crippen molar-refractivity contribution in [2.24, 2.45) is 5.92 Å². The van der Waals surface area contributed by atoms with E-state index in [1.807, 2.05) is 0 Å². The Bertz CT molecular complexity index is 547. The largest absolute Gasteiger partial charge is 0.471 e. The number of ether oxygens (including phenoxy) is 1. The van der Waals surface area contributed by atoms with E-state index in [4.69, 9.17) is 4.74 Å². The first-order valence-corrected chi connectivity index (χ1v) is 8.67. The predicted molar refractivity (Wildman–Crippen MR) is 85.0 cm³/mol. The molecule has 2 rings (SSSR count). The molecule has 26 heavy (non-hydrogen) atoms. The summed E-state index contributed by atoms with van der Waals surface area (Å²) >= 11 is 0. The molecule has 0 aliphatic carbocycles. The summed E-state index contributed by atoms with van der Waals surface area (Å²) in [7, 11) is 0. The standard InChI is InChI=1S/C16H24F3N3O4/c1-10(2)12(14(24)21-6-8-26-9-7-21)20-13(23)11-4-3-5-22(11)15(25)16(17,18)19/h10-12H,3-9H2,1-2H3,(H,20,23)/t11?,12-/m1/s1. The highest BCUT2D eigenvalue weighted by molar-refractivity contribution is 5.93. The molecule has 0 aromatic rings. The second-order valence-electron chi connectivity index (χ2n) is 6.82. The minimum absolute atomic E-state index is 0.125. The van der Waals surface area contributed by atoms with Crippen molar-refractivity contribution in [2.75, 3.05) is 32.8 Å². The fraction of sp³-hybridized carbons (Fsp3) is 0.812. The van der Waals surface area contributed by atoms with Crippen LogP contribution in [0.25, 0.3) is 0 Å². The number of hydrogen-bond donors (Lipinski definition) is 1. The number of nitrogens with zero attached hydrogens (tertiary/aromatic N) is 2. The average molecular weight is 379 g/mol. The number of nitrogens with one attached hydrogen (secondary N) is 1. The molecule has 3 amide bonds. The van der Waals surface area contributed by atoms with Gasteiger partial charge in [0.2, 0.25) is 11.8 Å². The Labute approximate surface area is 149 Å². The van der Waals surface area contributed by atoms with Gasteiger partial charge in [-0.2, -0.15) is 13.2 Å². The molecule has 0 aromatic carbocycles. The molecule has 0 saturated carbocycles. The van der Waals surface area contributed by atoms with Gasteiger partial charge in [0.15, 0.2) is 0 Å². The van der Waals surface area contributed by atoms with Crippen LogP contribution >= 0.6 is 0 Å². The maximum absolute atomic E-state index is 12.7.